The number of pyridine rings is 1. The van der Waals surface area contributed by atoms with Gasteiger partial charge < -0.3 is 4.84 Å². The lowest BCUT2D eigenvalue weighted by Gasteiger charge is -2.11. The third-order valence-electron chi connectivity index (χ3n) is 4.27. The number of hydrogen-bond donors (Lipinski definition) is 1. The van der Waals surface area contributed by atoms with Gasteiger partial charge in [-0.3, -0.25) is 4.98 Å². The van der Waals surface area contributed by atoms with Crippen LogP contribution in [0, 0.1) is 5.92 Å². The van der Waals surface area contributed by atoms with Crippen molar-refractivity contribution in [3.63, 3.8) is 0 Å². The molecule has 1 aromatic rings. The molecular weight excluding hydrogens is 272 g/mol. The van der Waals surface area contributed by atoms with E-state index < -0.39 is 0 Å². The summed E-state index contributed by atoms with van der Waals surface area (Å²) < 4.78 is 0. The van der Waals surface area contributed by atoms with Crippen molar-refractivity contribution in [2.75, 3.05) is 13.7 Å². The third kappa shape index (κ3) is 10.7. The molecule has 0 aliphatic carbocycles. The largest absolute Gasteiger partial charge is 0.305 e. The van der Waals surface area contributed by atoms with E-state index in [1.54, 1.807) is 7.11 Å². The number of hydrogen-bond acceptors (Lipinski definition) is 3. The highest BCUT2D eigenvalue weighted by Gasteiger charge is 2.01. The molecule has 0 bridgehead atoms. The quantitative estimate of drug-likeness (QED) is 0.391. The van der Waals surface area contributed by atoms with Crippen LogP contribution in [0.1, 0.15) is 70.3 Å². The summed E-state index contributed by atoms with van der Waals surface area (Å²) in [4.78, 5) is 9.02. The number of aromatic nitrogens is 1. The molecule has 0 saturated heterocycles. The van der Waals surface area contributed by atoms with Crippen molar-refractivity contribution in [1.29, 1.82) is 0 Å². The van der Waals surface area contributed by atoms with Crippen LogP contribution in [0.25, 0.3) is 0 Å². The van der Waals surface area contributed by atoms with Crippen molar-refractivity contribution in [2.45, 2.75) is 71.1 Å². The van der Waals surface area contributed by atoms with Gasteiger partial charge in [-0.1, -0.05) is 57.9 Å². The minimum atomic E-state index is 0.808. The normalized spacial score (nSPS) is 12.5. The fraction of sp³-hybridized carbons (Fsp3) is 0.737. The first-order valence-corrected chi connectivity index (χ1v) is 8.97. The molecule has 0 aliphatic heterocycles. The van der Waals surface area contributed by atoms with Gasteiger partial charge in [-0.2, -0.15) is 0 Å². The van der Waals surface area contributed by atoms with E-state index >= 15 is 0 Å². The second-order valence-electron chi connectivity index (χ2n) is 6.37. The summed E-state index contributed by atoms with van der Waals surface area (Å²) in [6.45, 7) is 3.31. The number of aryl methyl sites for hydroxylation is 1. The van der Waals surface area contributed by atoms with E-state index in [9.17, 15) is 0 Å². The van der Waals surface area contributed by atoms with Crippen molar-refractivity contribution in [3.05, 3.63) is 30.1 Å². The molecule has 0 saturated carbocycles. The van der Waals surface area contributed by atoms with Gasteiger partial charge in [-0.15, -0.1) is 0 Å². The zero-order chi connectivity index (χ0) is 15.9. The van der Waals surface area contributed by atoms with Crippen LogP contribution >= 0.6 is 0 Å². The highest BCUT2D eigenvalue weighted by atomic mass is 16.6. The molecule has 1 N–H and O–H groups in total. The number of nitrogens with zero attached hydrogens (tertiary/aromatic N) is 1. The topological polar surface area (TPSA) is 34.1 Å². The van der Waals surface area contributed by atoms with Crippen molar-refractivity contribution >= 4 is 0 Å². The molecule has 3 heteroatoms. The lowest BCUT2D eigenvalue weighted by Crippen LogP contribution is -2.15. The smallest absolute Gasteiger partial charge is 0.0572 e. The monoisotopic (exact) mass is 306 g/mol. The van der Waals surface area contributed by atoms with Gasteiger partial charge in [0.05, 0.1) is 7.11 Å². The Balaban J connectivity index is 1.81. The summed E-state index contributed by atoms with van der Waals surface area (Å²) in [7, 11) is 1.68. The summed E-state index contributed by atoms with van der Waals surface area (Å²) in [5.74, 6) is 0.808. The van der Waals surface area contributed by atoms with E-state index in [2.05, 4.69) is 23.5 Å². The van der Waals surface area contributed by atoms with Crippen LogP contribution in [0.5, 0.6) is 0 Å². The average Bonchev–Trinajstić information content (AvgIpc) is 2.54. The molecule has 0 aromatic carbocycles. The molecule has 0 unspecified atom stereocenters. The third-order valence-corrected chi connectivity index (χ3v) is 4.27. The van der Waals surface area contributed by atoms with E-state index in [-0.39, 0.29) is 0 Å². The highest BCUT2D eigenvalue weighted by Crippen LogP contribution is 2.15. The molecule has 0 amide bonds. The van der Waals surface area contributed by atoms with Crippen LogP contribution < -0.4 is 5.48 Å². The van der Waals surface area contributed by atoms with Crippen molar-refractivity contribution in [3.8, 4) is 0 Å². The maximum atomic E-state index is 4.86. The van der Waals surface area contributed by atoms with Crippen LogP contribution in [0.3, 0.4) is 0 Å². The first-order chi connectivity index (χ1) is 10.8. The molecule has 0 aliphatic rings. The van der Waals surface area contributed by atoms with E-state index in [1.165, 1.54) is 69.8 Å². The van der Waals surface area contributed by atoms with Gasteiger partial charge in [0.2, 0.25) is 0 Å². The number of nitrogens with one attached hydrogen (secondary N) is 1. The minimum absolute atomic E-state index is 0.808. The lowest BCUT2D eigenvalue weighted by atomic mass is 9.99. The molecule has 0 spiro atoms. The molecule has 1 aromatic heterocycles. The summed E-state index contributed by atoms with van der Waals surface area (Å²) in [6, 6.07) is 4.21. The summed E-state index contributed by atoms with van der Waals surface area (Å²) in [5, 5.41) is 0. The van der Waals surface area contributed by atoms with Crippen molar-refractivity contribution in [2.24, 2.45) is 5.92 Å². The molecule has 3 nitrogen and oxygen atoms in total. The first-order valence-electron chi connectivity index (χ1n) is 8.97. The molecule has 0 fully saturated rings. The summed E-state index contributed by atoms with van der Waals surface area (Å²) >= 11 is 0. The van der Waals surface area contributed by atoms with Crippen LogP contribution in [-0.4, -0.2) is 18.6 Å². The molecular formula is C19H34N2O. The molecule has 0 radical (unpaired) electrons. The Bertz CT molecular complexity index is 343. The fourth-order valence-electron chi connectivity index (χ4n) is 2.80. The summed E-state index contributed by atoms with van der Waals surface area (Å²) in [5.41, 5.74) is 4.29. The fourth-order valence-corrected chi connectivity index (χ4v) is 2.80. The highest BCUT2D eigenvalue weighted by molar-refractivity contribution is 5.08. The van der Waals surface area contributed by atoms with Crippen LogP contribution in [0.2, 0.25) is 0 Å². The predicted octanol–water partition coefficient (Wildman–Crippen LogP) is 4.92. The SMILES string of the molecule is CONCC[C@H](C)CCCCCCCCCc1cccnc1. The van der Waals surface area contributed by atoms with Crippen LogP contribution in [-0.2, 0) is 11.3 Å². The van der Waals surface area contributed by atoms with Gasteiger partial charge in [-0.05, 0) is 36.8 Å². The molecule has 22 heavy (non-hydrogen) atoms. The average molecular weight is 306 g/mol. The second kappa shape index (κ2) is 13.7. The Morgan fingerprint density at radius 3 is 2.45 bits per heavy atom. The van der Waals surface area contributed by atoms with Gasteiger partial charge in [-0.25, -0.2) is 5.48 Å². The van der Waals surface area contributed by atoms with Gasteiger partial charge in [0, 0.05) is 18.9 Å². The van der Waals surface area contributed by atoms with Crippen molar-refractivity contribution < 1.29 is 4.84 Å². The zero-order valence-corrected chi connectivity index (χ0v) is 14.5. The van der Waals surface area contributed by atoms with E-state index in [4.69, 9.17) is 4.84 Å². The van der Waals surface area contributed by atoms with E-state index in [0.29, 0.717) is 0 Å². The molecule has 1 rings (SSSR count). The van der Waals surface area contributed by atoms with Crippen LogP contribution in [0.15, 0.2) is 24.5 Å². The molecule has 126 valence electrons. The maximum absolute atomic E-state index is 4.86. The minimum Gasteiger partial charge on any atom is -0.305 e. The van der Waals surface area contributed by atoms with E-state index in [1.807, 2.05) is 18.5 Å². The van der Waals surface area contributed by atoms with E-state index in [0.717, 1.165) is 12.5 Å². The Hall–Kier alpha value is -0.930. The Morgan fingerprint density at radius 2 is 1.77 bits per heavy atom. The Morgan fingerprint density at radius 1 is 1.05 bits per heavy atom. The number of rotatable bonds is 14. The Kier molecular flexibility index (Phi) is 11.9. The van der Waals surface area contributed by atoms with Gasteiger partial charge >= 0.3 is 0 Å². The molecule has 1 atom stereocenters. The maximum Gasteiger partial charge on any atom is 0.0572 e. The van der Waals surface area contributed by atoms with Gasteiger partial charge in [0.15, 0.2) is 0 Å². The number of hydroxylamine groups is 1. The number of unbranched alkanes of at least 4 members (excludes halogenated alkanes) is 6. The van der Waals surface area contributed by atoms with Crippen LogP contribution in [0.4, 0.5) is 0 Å². The first kappa shape index (κ1) is 19.1. The summed E-state index contributed by atoms with van der Waals surface area (Å²) in [6.07, 6.45) is 17.2. The van der Waals surface area contributed by atoms with Gasteiger partial charge in [0.25, 0.3) is 0 Å². The lowest BCUT2D eigenvalue weighted by molar-refractivity contribution is 0.0874. The molecule has 1 heterocycles. The zero-order valence-electron chi connectivity index (χ0n) is 14.5. The Labute approximate surface area is 136 Å². The van der Waals surface area contributed by atoms with Crippen molar-refractivity contribution in [1.82, 2.24) is 10.5 Å². The van der Waals surface area contributed by atoms with Gasteiger partial charge in [0.1, 0.15) is 0 Å². The second-order valence-corrected chi connectivity index (χ2v) is 6.37. The standard InChI is InChI=1S/C19H34N2O/c1-18(14-16-21-22-2)11-8-6-4-3-5-7-9-12-19-13-10-15-20-17-19/h10,13,15,17-18,21H,3-9,11-12,14,16H2,1-2H3/t18-/m1/s1. The predicted molar refractivity (Wildman–Crippen MR) is 93.7 cm³/mol.